The van der Waals surface area contributed by atoms with Crippen LogP contribution in [0.1, 0.15) is 99.8 Å². The number of hydrogen-bond acceptors (Lipinski definition) is 4. The summed E-state index contributed by atoms with van der Waals surface area (Å²) in [5.41, 5.74) is -3.29. The fraction of sp³-hybridized carbons (Fsp3) is 0.957. The van der Waals surface area contributed by atoms with Gasteiger partial charge in [-0.15, -0.1) is 0 Å². The molecule has 0 spiro atoms. The van der Waals surface area contributed by atoms with Gasteiger partial charge in [0.2, 0.25) is 0 Å². The van der Waals surface area contributed by atoms with E-state index in [9.17, 15) is 15.0 Å². The van der Waals surface area contributed by atoms with Crippen molar-refractivity contribution in [3.8, 4) is 0 Å². The standard InChI is InChI=1S/C23H40O4/c1-8-19(5,6)12-20(7,18(2,3)4)17(24)27-23-11-16-9-21(25,14-23)13-22(26,10-16)15-23/h16,25-26H,8-15H2,1-7H3. The molecule has 4 nitrogen and oxygen atoms in total. The van der Waals surface area contributed by atoms with Gasteiger partial charge in [-0.1, -0.05) is 48.0 Å². The Morgan fingerprint density at radius 1 is 0.963 bits per heavy atom. The fourth-order valence-electron chi connectivity index (χ4n) is 6.40. The molecule has 4 fully saturated rings. The molecule has 3 unspecified atom stereocenters. The van der Waals surface area contributed by atoms with Crippen LogP contribution >= 0.6 is 0 Å². The number of ether oxygens (including phenoxy) is 1. The lowest BCUT2D eigenvalue weighted by molar-refractivity contribution is -0.266. The van der Waals surface area contributed by atoms with Crippen molar-refractivity contribution in [1.29, 1.82) is 0 Å². The molecule has 4 aliphatic carbocycles. The summed E-state index contributed by atoms with van der Waals surface area (Å²) < 4.78 is 6.30. The molecule has 4 aliphatic rings. The van der Waals surface area contributed by atoms with E-state index in [-0.39, 0.29) is 22.7 Å². The Labute approximate surface area is 165 Å². The van der Waals surface area contributed by atoms with Gasteiger partial charge in [0.1, 0.15) is 5.60 Å². The van der Waals surface area contributed by atoms with E-state index >= 15 is 0 Å². The number of aliphatic hydroxyl groups is 2. The van der Waals surface area contributed by atoms with Crippen molar-refractivity contribution in [2.24, 2.45) is 22.2 Å². The van der Waals surface area contributed by atoms with Crippen molar-refractivity contribution in [3.05, 3.63) is 0 Å². The van der Waals surface area contributed by atoms with E-state index in [1.807, 2.05) is 6.92 Å². The van der Waals surface area contributed by atoms with Gasteiger partial charge in [-0.05, 0) is 49.4 Å². The molecule has 0 radical (unpaired) electrons. The summed E-state index contributed by atoms with van der Waals surface area (Å²) in [6, 6.07) is 0. The third-order valence-electron chi connectivity index (χ3n) is 8.16. The third kappa shape index (κ3) is 3.69. The van der Waals surface area contributed by atoms with Crippen molar-refractivity contribution in [2.45, 2.75) is 117 Å². The predicted molar refractivity (Wildman–Crippen MR) is 106 cm³/mol. The number of esters is 1. The Kier molecular flexibility index (Phi) is 4.65. The van der Waals surface area contributed by atoms with Gasteiger partial charge in [-0.2, -0.15) is 0 Å². The van der Waals surface area contributed by atoms with Crippen molar-refractivity contribution < 1.29 is 19.7 Å². The number of carbonyl (C=O) groups is 1. The van der Waals surface area contributed by atoms with Crippen molar-refractivity contribution in [2.75, 3.05) is 0 Å². The van der Waals surface area contributed by atoms with E-state index in [4.69, 9.17) is 4.74 Å². The smallest absolute Gasteiger partial charge is 0.312 e. The molecule has 0 aromatic heterocycles. The molecule has 2 N–H and O–H groups in total. The summed E-state index contributed by atoms with van der Waals surface area (Å²) in [6.07, 6.45) is 5.37. The van der Waals surface area contributed by atoms with Crippen LogP contribution in [0.3, 0.4) is 0 Å². The van der Waals surface area contributed by atoms with Crippen molar-refractivity contribution in [1.82, 2.24) is 0 Å². The fourth-order valence-corrected chi connectivity index (χ4v) is 6.40. The first-order valence-corrected chi connectivity index (χ1v) is 10.7. The van der Waals surface area contributed by atoms with Crippen molar-refractivity contribution in [3.63, 3.8) is 0 Å². The summed E-state index contributed by atoms with van der Waals surface area (Å²) >= 11 is 0. The maximum absolute atomic E-state index is 13.6. The lowest BCUT2D eigenvalue weighted by Crippen LogP contribution is -2.67. The van der Waals surface area contributed by atoms with Gasteiger partial charge in [-0.3, -0.25) is 4.79 Å². The maximum atomic E-state index is 13.6. The lowest BCUT2D eigenvalue weighted by Gasteiger charge is -2.62. The van der Waals surface area contributed by atoms with Crippen LogP contribution in [-0.4, -0.2) is 33.0 Å². The van der Waals surface area contributed by atoms with E-state index in [2.05, 4.69) is 41.5 Å². The molecule has 0 aliphatic heterocycles. The highest BCUT2D eigenvalue weighted by atomic mass is 16.6. The average molecular weight is 381 g/mol. The summed E-state index contributed by atoms with van der Waals surface area (Å²) in [4.78, 5) is 13.6. The maximum Gasteiger partial charge on any atom is 0.312 e. The van der Waals surface area contributed by atoms with Crippen LogP contribution in [0.4, 0.5) is 0 Å². The van der Waals surface area contributed by atoms with Crippen LogP contribution in [0, 0.1) is 22.2 Å². The molecule has 27 heavy (non-hydrogen) atoms. The largest absolute Gasteiger partial charge is 0.458 e. The lowest BCUT2D eigenvalue weighted by atomic mass is 9.50. The van der Waals surface area contributed by atoms with Crippen molar-refractivity contribution >= 4 is 5.97 Å². The highest BCUT2D eigenvalue weighted by Crippen LogP contribution is 2.61. The predicted octanol–water partition coefficient (Wildman–Crippen LogP) is 4.61. The Morgan fingerprint density at radius 2 is 1.48 bits per heavy atom. The number of rotatable bonds is 5. The van der Waals surface area contributed by atoms with E-state index in [0.717, 1.165) is 32.1 Å². The van der Waals surface area contributed by atoms with Crippen LogP contribution < -0.4 is 0 Å². The van der Waals surface area contributed by atoms with E-state index < -0.39 is 22.2 Å². The molecule has 4 heteroatoms. The molecular formula is C23H40O4. The number of carbonyl (C=O) groups excluding carboxylic acids is 1. The first kappa shape index (κ1) is 21.1. The third-order valence-corrected chi connectivity index (χ3v) is 8.16. The minimum Gasteiger partial charge on any atom is -0.458 e. The molecule has 0 aromatic rings. The summed E-state index contributed by atoms with van der Waals surface area (Å²) in [5.74, 6) is 0.0858. The molecule has 4 saturated carbocycles. The van der Waals surface area contributed by atoms with E-state index in [0.29, 0.717) is 19.3 Å². The molecule has 0 aromatic carbocycles. The summed E-state index contributed by atoms with van der Waals surface area (Å²) in [7, 11) is 0. The first-order chi connectivity index (χ1) is 12.1. The van der Waals surface area contributed by atoms with Crippen LogP contribution in [0.2, 0.25) is 0 Å². The molecule has 4 bridgehead atoms. The van der Waals surface area contributed by atoms with Gasteiger partial charge < -0.3 is 14.9 Å². The number of hydrogen-bond donors (Lipinski definition) is 2. The zero-order chi connectivity index (χ0) is 20.5. The van der Waals surface area contributed by atoms with Crippen LogP contribution in [-0.2, 0) is 9.53 Å². The van der Waals surface area contributed by atoms with Gasteiger partial charge in [0, 0.05) is 19.3 Å². The minimum absolute atomic E-state index is 0.0406. The van der Waals surface area contributed by atoms with Gasteiger partial charge in [-0.25, -0.2) is 0 Å². The Hall–Kier alpha value is -0.610. The minimum atomic E-state index is -0.880. The molecule has 0 heterocycles. The van der Waals surface area contributed by atoms with Gasteiger partial charge in [0.25, 0.3) is 0 Å². The normalized spacial score (nSPS) is 40.7. The quantitative estimate of drug-likeness (QED) is 0.684. The summed E-state index contributed by atoms with van der Waals surface area (Å²) in [6.45, 7) is 15.0. The second-order valence-electron chi connectivity index (χ2n) is 12.3. The second kappa shape index (κ2) is 5.95. The van der Waals surface area contributed by atoms with Crippen LogP contribution in [0.25, 0.3) is 0 Å². The zero-order valence-corrected chi connectivity index (χ0v) is 18.4. The molecule has 3 atom stereocenters. The molecular weight excluding hydrogens is 340 g/mol. The highest BCUT2D eigenvalue weighted by molar-refractivity contribution is 5.78. The Balaban J connectivity index is 1.88. The average Bonchev–Trinajstić information content (AvgIpc) is 2.40. The summed E-state index contributed by atoms with van der Waals surface area (Å²) in [5, 5.41) is 22.0. The zero-order valence-electron chi connectivity index (χ0n) is 18.4. The van der Waals surface area contributed by atoms with Crippen LogP contribution in [0.15, 0.2) is 0 Å². The topological polar surface area (TPSA) is 66.8 Å². The van der Waals surface area contributed by atoms with E-state index in [1.54, 1.807) is 0 Å². The molecule has 0 amide bonds. The Bertz CT molecular complexity index is 598. The van der Waals surface area contributed by atoms with Gasteiger partial charge >= 0.3 is 5.97 Å². The van der Waals surface area contributed by atoms with Crippen LogP contribution in [0.5, 0.6) is 0 Å². The molecule has 156 valence electrons. The molecule has 4 rings (SSSR count). The molecule has 0 saturated heterocycles. The van der Waals surface area contributed by atoms with Gasteiger partial charge in [0.05, 0.1) is 16.6 Å². The highest BCUT2D eigenvalue weighted by Gasteiger charge is 2.65. The second-order valence-corrected chi connectivity index (χ2v) is 12.3. The Morgan fingerprint density at radius 3 is 1.89 bits per heavy atom. The monoisotopic (exact) mass is 380 g/mol. The SMILES string of the molecule is CCC(C)(C)CC(C)(C(=O)OC12CC3CC(O)(CC(O)(C3)C1)C2)C(C)(C)C. The van der Waals surface area contributed by atoms with E-state index in [1.165, 1.54) is 0 Å². The van der Waals surface area contributed by atoms with Gasteiger partial charge in [0.15, 0.2) is 0 Å². The first-order valence-electron chi connectivity index (χ1n) is 10.7.